The van der Waals surface area contributed by atoms with Crippen LogP contribution in [0.3, 0.4) is 0 Å². The fourth-order valence-electron chi connectivity index (χ4n) is 2.28. The van der Waals surface area contributed by atoms with E-state index in [0.717, 1.165) is 6.26 Å². The highest BCUT2D eigenvalue weighted by Gasteiger charge is 2.15. The van der Waals surface area contributed by atoms with Crippen LogP contribution in [0.15, 0.2) is 41.3 Å². The molecule has 5 nitrogen and oxygen atoms in total. The van der Waals surface area contributed by atoms with Crippen LogP contribution in [0.2, 0.25) is 0 Å². The van der Waals surface area contributed by atoms with Crippen molar-refractivity contribution in [2.24, 2.45) is 5.73 Å². The molecule has 0 radical (unpaired) electrons. The zero-order chi connectivity index (χ0) is 17.9. The van der Waals surface area contributed by atoms with Crippen molar-refractivity contribution < 1.29 is 12.8 Å². The van der Waals surface area contributed by atoms with Crippen molar-refractivity contribution in [3.05, 3.63) is 53.3 Å². The van der Waals surface area contributed by atoms with E-state index in [1.807, 2.05) is 12.1 Å². The molecule has 0 heterocycles. The number of nitrogens with two attached hydrogens (primary N) is 1. The van der Waals surface area contributed by atoms with Gasteiger partial charge in [0.15, 0.2) is 9.84 Å². The monoisotopic (exact) mass is 343 g/mol. The number of sulfone groups is 1. The Bertz CT molecular complexity index is 972. The molecule has 0 saturated carbocycles. The Morgan fingerprint density at radius 2 is 1.79 bits per heavy atom. The van der Waals surface area contributed by atoms with Gasteiger partial charge in [0.05, 0.1) is 22.6 Å². The van der Waals surface area contributed by atoms with E-state index in [9.17, 15) is 12.8 Å². The Morgan fingerprint density at radius 1 is 1.17 bits per heavy atom. The summed E-state index contributed by atoms with van der Waals surface area (Å²) in [4.78, 5) is -0.0986. The third-order valence-corrected chi connectivity index (χ3v) is 4.63. The van der Waals surface area contributed by atoms with Crippen molar-refractivity contribution >= 4 is 9.84 Å². The number of nitrogens with zero attached hydrogens (tertiary/aromatic N) is 2. The molecule has 0 saturated heterocycles. The van der Waals surface area contributed by atoms with Crippen molar-refractivity contribution in [1.82, 2.24) is 0 Å². The Hall–Kier alpha value is -2.74. The minimum absolute atomic E-state index is 0.0401. The molecule has 0 aliphatic heterocycles. The third-order valence-electron chi connectivity index (χ3n) is 3.49. The van der Waals surface area contributed by atoms with Gasteiger partial charge >= 0.3 is 0 Å². The van der Waals surface area contributed by atoms with Crippen LogP contribution in [0.4, 0.5) is 4.39 Å². The van der Waals surface area contributed by atoms with Crippen LogP contribution in [0.5, 0.6) is 0 Å². The van der Waals surface area contributed by atoms with E-state index >= 15 is 0 Å². The molecule has 1 unspecified atom stereocenters. The molecule has 24 heavy (non-hydrogen) atoms. The summed E-state index contributed by atoms with van der Waals surface area (Å²) in [6, 6.07) is 11.6. The van der Waals surface area contributed by atoms with E-state index in [2.05, 4.69) is 0 Å². The molecule has 2 rings (SSSR count). The van der Waals surface area contributed by atoms with E-state index in [1.165, 1.54) is 24.3 Å². The molecule has 1 atom stereocenters. The summed E-state index contributed by atoms with van der Waals surface area (Å²) in [6.45, 7) is 0. The summed E-state index contributed by atoms with van der Waals surface area (Å²) in [5.41, 5.74) is 6.79. The number of hydrogen-bond acceptors (Lipinski definition) is 5. The van der Waals surface area contributed by atoms with Crippen LogP contribution in [0, 0.1) is 28.5 Å². The van der Waals surface area contributed by atoms with E-state index in [-0.39, 0.29) is 16.9 Å². The van der Waals surface area contributed by atoms with Crippen LogP contribution in [0.25, 0.3) is 11.1 Å². The molecule has 122 valence electrons. The van der Waals surface area contributed by atoms with Gasteiger partial charge in [-0.05, 0) is 34.9 Å². The maximum Gasteiger partial charge on any atom is 0.176 e. The molecule has 2 aromatic rings. The summed E-state index contributed by atoms with van der Waals surface area (Å²) < 4.78 is 37.8. The molecule has 0 aromatic heterocycles. The first-order chi connectivity index (χ1) is 11.3. The summed E-state index contributed by atoms with van der Waals surface area (Å²) in [5.74, 6) is -0.525. The highest BCUT2D eigenvalue weighted by Crippen LogP contribution is 2.27. The van der Waals surface area contributed by atoms with Crippen molar-refractivity contribution in [2.45, 2.75) is 17.4 Å². The number of rotatable bonds is 4. The second-order valence-electron chi connectivity index (χ2n) is 5.34. The number of benzene rings is 2. The second-order valence-corrected chi connectivity index (χ2v) is 7.32. The van der Waals surface area contributed by atoms with Gasteiger partial charge in [0.1, 0.15) is 11.9 Å². The Morgan fingerprint density at radius 3 is 2.33 bits per heavy atom. The largest absolute Gasteiger partial charge is 0.316 e. The molecule has 2 aromatic carbocycles. The average Bonchev–Trinajstić information content (AvgIpc) is 2.55. The second kappa shape index (κ2) is 6.79. The Balaban J connectivity index is 2.49. The highest BCUT2D eigenvalue weighted by molar-refractivity contribution is 7.90. The van der Waals surface area contributed by atoms with Gasteiger partial charge in [0.25, 0.3) is 0 Å². The zero-order valence-electron chi connectivity index (χ0n) is 12.8. The first-order valence-corrected chi connectivity index (χ1v) is 8.83. The zero-order valence-corrected chi connectivity index (χ0v) is 13.6. The van der Waals surface area contributed by atoms with Crippen LogP contribution in [0.1, 0.15) is 11.1 Å². The fraction of sp³-hybridized carbons (Fsp3) is 0.176. The van der Waals surface area contributed by atoms with E-state index in [0.29, 0.717) is 16.7 Å². The Labute approximate surface area is 139 Å². The quantitative estimate of drug-likeness (QED) is 0.915. The number of hydrogen-bond donors (Lipinski definition) is 1. The molecule has 0 spiro atoms. The predicted octanol–water partition coefficient (Wildman–Crippen LogP) is 2.16. The van der Waals surface area contributed by atoms with Gasteiger partial charge in [-0.25, -0.2) is 12.8 Å². The van der Waals surface area contributed by atoms with Crippen molar-refractivity contribution in [2.75, 3.05) is 6.26 Å². The fourth-order valence-corrected chi connectivity index (χ4v) is 3.13. The lowest BCUT2D eigenvalue weighted by Crippen LogP contribution is -2.20. The van der Waals surface area contributed by atoms with Crippen molar-refractivity contribution in [3.63, 3.8) is 0 Å². The van der Waals surface area contributed by atoms with Gasteiger partial charge in [0, 0.05) is 12.7 Å². The Kier molecular flexibility index (Phi) is 4.99. The lowest BCUT2D eigenvalue weighted by atomic mass is 10.00. The minimum atomic E-state index is -3.58. The number of halogens is 1. The predicted molar refractivity (Wildman–Crippen MR) is 87.0 cm³/mol. The smallest absolute Gasteiger partial charge is 0.176 e. The molecular formula is C17H14FN3O2S. The van der Waals surface area contributed by atoms with Crippen molar-refractivity contribution in [3.8, 4) is 23.3 Å². The maximum absolute atomic E-state index is 14.2. The first-order valence-electron chi connectivity index (χ1n) is 6.94. The van der Waals surface area contributed by atoms with Crippen LogP contribution < -0.4 is 5.73 Å². The van der Waals surface area contributed by atoms with E-state index in [4.69, 9.17) is 16.3 Å². The summed E-state index contributed by atoms with van der Waals surface area (Å²) in [5, 5.41) is 17.7. The van der Waals surface area contributed by atoms with Gasteiger partial charge in [0.2, 0.25) is 0 Å². The SMILES string of the molecule is CS(=O)(=O)c1cc(-c2ccc(CC(N)C#N)c(F)c2)ccc1C#N. The molecule has 0 aliphatic rings. The van der Waals surface area contributed by atoms with Gasteiger partial charge in [-0.2, -0.15) is 10.5 Å². The third kappa shape index (κ3) is 3.77. The molecule has 0 bridgehead atoms. The molecule has 0 fully saturated rings. The van der Waals surface area contributed by atoms with Crippen molar-refractivity contribution in [1.29, 1.82) is 10.5 Å². The van der Waals surface area contributed by atoms with Gasteiger partial charge in [-0.15, -0.1) is 0 Å². The molecule has 7 heteroatoms. The minimum Gasteiger partial charge on any atom is -0.316 e. The molecule has 2 N–H and O–H groups in total. The van der Waals surface area contributed by atoms with Gasteiger partial charge in [-0.1, -0.05) is 18.2 Å². The van der Waals surface area contributed by atoms with Crippen LogP contribution >= 0.6 is 0 Å². The molecule has 0 aliphatic carbocycles. The summed E-state index contributed by atoms with van der Waals surface area (Å²) in [7, 11) is -3.58. The molecular weight excluding hydrogens is 329 g/mol. The first kappa shape index (κ1) is 17.6. The van der Waals surface area contributed by atoms with Gasteiger partial charge in [-0.3, -0.25) is 0 Å². The lowest BCUT2D eigenvalue weighted by Gasteiger charge is -2.09. The van der Waals surface area contributed by atoms with Crippen LogP contribution in [-0.2, 0) is 16.3 Å². The average molecular weight is 343 g/mol. The highest BCUT2D eigenvalue weighted by atomic mass is 32.2. The maximum atomic E-state index is 14.2. The normalized spacial score (nSPS) is 12.2. The molecule has 0 amide bonds. The number of nitriles is 2. The van der Waals surface area contributed by atoms with Crippen LogP contribution in [-0.4, -0.2) is 20.7 Å². The lowest BCUT2D eigenvalue weighted by molar-refractivity contribution is 0.601. The summed E-state index contributed by atoms with van der Waals surface area (Å²) in [6.07, 6.45) is 1.10. The standard InChI is InChI=1S/C17H14FN3O2S/c1-24(22,23)17-8-12(3-5-14(17)9-19)11-2-4-13(16(18)7-11)6-15(21)10-20/h2-5,7-8,15H,6,21H2,1H3. The topological polar surface area (TPSA) is 108 Å². The summed E-state index contributed by atoms with van der Waals surface area (Å²) >= 11 is 0. The van der Waals surface area contributed by atoms with E-state index in [1.54, 1.807) is 12.1 Å². The van der Waals surface area contributed by atoms with Gasteiger partial charge < -0.3 is 5.73 Å². The van der Waals surface area contributed by atoms with E-state index < -0.39 is 21.7 Å².